The van der Waals surface area contributed by atoms with E-state index in [2.05, 4.69) is 30.7 Å². The third-order valence-corrected chi connectivity index (χ3v) is 7.55. The molecule has 4 aliphatic rings. The summed E-state index contributed by atoms with van der Waals surface area (Å²) in [5.41, 5.74) is 10.0. The van der Waals surface area contributed by atoms with E-state index in [9.17, 15) is 0 Å². The predicted molar refractivity (Wildman–Crippen MR) is 116 cm³/mol. The van der Waals surface area contributed by atoms with E-state index in [1.54, 1.807) is 10.7 Å². The zero-order valence-electron chi connectivity index (χ0n) is 18.0. The van der Waals surface area contributed by atoms with Crippen molar-refractivity contribution in [1.29, 1.82) is 0 Å². The minimum absolute atomic E-state index is 0.278. The van der Waals surface area contributed by atoms with E-state index >= 15 is 0 Å². The van der Waals surface area contributed by atoms with Gasteiger partial charge in [-0.25, -0.2) is 19.9 Å². The number of fused-ring (bicyclic) bond motifs is 2. The maximum atomic E-state index is 6.15. The fourth-order valence-electron chi connectivity index (χ4n) is 5.72. The zero-order chi connectivity index (χ0) is 21.4. The van der Waals surface area contributed by atoms with Crippen LogP contribution in [-0.4, -0.2) is 52.1 Å². The van der Waals surface area contributed by atoms with Crippen molar-refractivity contribution in [3.8, 4) is 11.6 Å². The Labute approximate surface area is 184 Å². The summed E-state index contributed by atoms with van der Waals surface area (Å²) in [4.78, 5) is 20.7. The highest BCUT2D eigenvalue weighted by Gasteiger charge is 2.60. The van der Waals surface area contributed by atoms with Gasteiger partial charge >= 0.3 is 0 Å². The van der Waals surface area contributed by atoms with Gasteiger partial charge in [-0.2, -0.15) is 4.52 Å². The van der Waals surface area contributed by atoms with Gasteiger partial charge in [0.25, 0.3) is 0 Å². The van der Waals surface area contributed by atoms with E-state index in [0.717, 1.165) is 49.9 Å². The van der Waals surface area contributed by atoms with Gasteiger partial charge < -0.3 is 14.7 Å². The number of nitrogens with zero attached hydrogens (tertiary/aromatic N) is 8. The van der Waals surface area contributed by atoms with Crippen LogP contribution in [-0.2, 0) is 24.9 Å². The average molecular weight is 432 g/mol. The van der Waals surface area contributed by atoms with Gasteiger partial charge in [0.2, 0.25) is 11.8 Å². The van der Waals surface area contributed by atoms with Crippen molar-refractivity contribution >= 4 is 11.6 Å². The van der Waals surface area contributed by atoms with Gasteiger partial charge in [0.1, 0.15) is 17.8 Å². The molecule has 10 nitrogen and oxygen atoms in total. The molecule has 0 spiro atoms. The number of nitrogen functional groups attached to an aromatic ring is 1. The van der Waals surface area contributed by atoms with Crippen LogP contribution in [0.3, 0.4) is 0 Å². The number of rotatable bonds is 5. The molecule has 0 amide bonds. The lowest BCUT2D eigenvalue weighted by atomic mass is 9.44. The number of hydrogen-bond donors (Lipinski definition) is 1. The minimum Gasteiger partial charge on any atom is -0.443 e. The molecule has 164 valence electrons. The van der Waals surface area contributed by atoms with Gasteiger partial charge in [-0.15, -0.1) is 5.10 Å². The number of aryl methyl sites for hydroxylation is 1. The molecule has 3 saturated carbocycles. The van der Waals surface area contributed by atoms with Gasteiger partial charge in [0.15, 0.2) is 11.5 Å². The van der Waals surface area contributed by atoms with Crippen LogP contribution in [0.4, 0.5) is 5.95 Å². The smallest absolute Gasteiger partial charge is 0.245 e. The first-order chi connectivity index (χ1) is 15.6. The molecule has 1 aliphatic heterocycles. The topological polar surface area (TPSA) is 116 Å². The van der Waals surface area contributed by atoms with E-state index < -0.39 is 0 Å². The van der Waals surface area contributed by atoms with Crippen LogP contribution in [0.1, 0.15) is 42.2 Å². The third kappa shape index (κ3) is 2.52. The number of aromatic nitrogens is 7. The highest BCUT2D eigenvalue weighted by Crippen LogP contribution is 2.64. The monoisotopic (exact) mass is 431 g/mol. The van der Waals surface area contributed by atoms with Crippen LogP contribution < -0.4 is 5.73 Å². The first kappa shape index (κ1) is 18.3. The molecular weight excluding hydrogens is 406 g/mol. The predicted octanol–water partition coefficient (Wildman–Crippen LogP) is 1.98. The first-order valence-electron chi connectivity index (χ1n) is 11.3. The Hall–Kier alpha value is -3.27. The second kappa shape index (κ2) is 6.38. The van der Waals surface area contributed by atoms with Crippen molar-refractivity contribution in [2.45, 2.75) is 51.1 Å². The molecule has 0 radical (unpaired) electrons. The third-order valence-electron chi connectivity index (χ3n) is 7.55. The van der Waals surface area contributed by atoms with Gasteiger partial charge in [0, 0.05) is 49.8 Å². The maximum absolute atomic E-state index is 6.15. The number of hydrogen-bond acceptors (Lipinski definition) is 8. The Morgan fingerprint density at radius 3 is 2.81 bits per heavy atom. The average Bonchev–Trinajstić information content (AvgIpc) is 3.47. The second-order valence-corrected chi connectivity index (χ2v) is 9.55. The normalized spacial score (nSPS) is 24.3. The van der Waals surface area contributed by atoms with Crippen LogP contribution in [0.5, 0.6) is 0 Å². The Balaban J connectivity index is 1.09. The van der Waals surface area contributed by atoms with E-state index in [0.29, 0.717) is 22.6 Å². The molecule has 0 saturated heterocycles. The molecule has 4 aromatic rings. The summed E-state index contributed by atoms with van der Waals surface area (Å²) >= 11 is 0. The van der Waals surface area contributed by atoms with Crippen LogP contribution in [0, 0.1) is 12.8 Å². The summed E-state index contributed by atoms with van der Waals surface area (Å²) in [6.45, 7) is 5.81. The van der Waals surface area contributed by atoms with E-state index in [-0.39, 0.29) is 5.95 Å². The number of oxazole rings is 1. The maximum Gasteiger partial charge on any atom is 0.245 e. The molecule has 4 aromatic heterocycles. The standard InChI is InChI=1S/C22H25N9O/c1-13-17(19-24-3-7-32-19)27-21(23)31-18(13)26-16(28-31)2-4-29-5-6-30-15(12-29)11-25-20(30)22-8-14(9-22)10-22/h3,7,11,14H,2,4-6,8-10,12H2,1H3,(H2,23,27). The van der Waals surface area contributed by atoms with E-state index in [4.69, 9.17) is 20.1 Å². The highest BCUT2D eigenvalue weighted by atomic mass is 16.3. The summed E-state index contributed by atoms with van der Waals surface area (Å²) in [5.74, 6) is 3.79. The van der Waals surface area contributed by atoms with Crippen molar-refractivity contribution in [2.75, 3.05) is 18.8 Å². The van der Waals surface area contributed by atoms with Crippen LogP contribution >= 0.6 is 0 Å². The second-order valence-electron chi connectivity index (χ2n) is 9.55. The van der Waals surface area contributed by atoms with Gasteiger partial charge in [-0.05, 0) is 32.1 Å². The molecule has 8 rings (SSSR count). The molecule has 5 heterocycles. The van der Waals surface area contributed by atoms with Gasteiger partial charge in [-0.1, -0.05) is 0 Å². The van der Waals surface area contributed by atoms with Gasteiger partial charge in [-0.3, -0.25) is 4.90 Å². The molecule has 2 bridgehead atoms. The lowest BCUT2D eigenvalue weighted by Crippen LogP contribution is -2.57. The Kier molecular flexibility index (Phi) is 3.65. The van der Waals surface area contributed by atoms with Crippen LogP contribution in [0.25, 0.3) is 17.2 Å². The SMILES string of the molecule is Cc1c(-c2ncco2)nc(N)n2nc(CCN3CCn4c(cnc4C45CC(C4)C5)C3)nc12. The number of anilines is 1. The van der Waals surface area contributed by atoms with E-state index in [1.165, 1.54) is 37.0 Å². The summed E-state index contributed by atoms with van der Waals surface area (Å²) in [6.07, 6.45) is 10.0. The first-order valence-corrected chi connectivity index (χ1v) is 11.3. The fourth-order valence-corrected chi connectivity index (χ4v) is 5.72. The summed E-state index contributed by atoms with van der Waals surface area (Å²) < 4.78 is 9.49. The Morgan fingerprint density at radius 1 is 1.19 bits per heavy atom. The summed E-state index contributed by atoms with van der Waals surface area (Å²) in [7, 11) is 0. The summed E-state index contributed by atoms with van der Waals surface area (Å²) in [5, 5.41) is 4.61. The molecule has 0 atom stereocenters. The molecular formula is C22H25N9O. The van der Waals surface area contributed by atoms with Crippen molar-refractivity contribution in [2.24, 2.45) is 5.92 Å². The Morgan fingerprint density at radius 2 is 2.06 bits per heavy atom. The molecule has 0 unspecified atom stereocenters. The largest absolute Gasteiger partial charge is 0.443 e. The van der Waals surface area contributed by atoms with E-state index in [1.807, 2.05) is 6.92 Å². The summed E-state index contributed by atoms with van der Waals surface area (Å²) in [6, 6.07) is 0. The van der Waals surface area contributed by atoms with Crippen molar-refractivity contribution in [1.82, 2.24) is 39.0 Å². The zero-order valence-corrected chi connectivity index (χ0v) is 18.0. The molecule has 10 heteroatoms. The number of imidazole rings is 1. The molecule has 2 N–H and O–H groups in total. The molecule has 0 aromatic carbocycles. The number of nitrogens with two attached hydrogens (primary N) is 1. The lowest BCUT2D eigenvalue weighted by molar-refractivity contribution is -0.0381. The molecule has 3 fully saturated rings. The quantitative estimate of drug-likeness (QED) is 0.510. The lowest BCUT2D eigenvalue weighted by Gasteiger charge is -2.61. The Bertz CT molecular complexity index is 1320. The molecule has 32 heavy (non-hydrogen) atoms. The van der Waals surface area contributed by atoms with Crippen molar-refractivity contribution in [3.63, 3.8) is 0 Å². The van der Waals surface area contributed by atoms with Crippen LogP contribution in [0.15, 0.2) is 23.1 Å². The minimum atomic E-state index is 0.278. The van der Waals surface area contributed by atoms with Crippen LogP contribution in [0.2, 0.25) is 0 Å². The van der Waals surface area contributed by atoms with Crippen molar-refractivity contribution < 1.29 is 4.42 Å². The van der Waals surface area contributed by atoms with Crippen molar-refractivity contribution in [3.05, 3.63) is 41.6 Å². The molecule has 3 aliphatic carbocycles. The van der Waals surface area contributed by atoms with Gasteiger partial charge in [0.05, 0.1) is 11.9 Å². The fraction of sp³-hybridized carbons (Fsp3) is 0.500. The highest BCUT2D eigenvalue weighted by molar-refractivity contribution is 5.65.